The number of Topliss-reactive ketones (excluding diaryl/α,β-unsaturated/α-hetero) is 1. The van der Waals surface area contributed by atoms with Crippen LogP contribution in [0.1, 0.15) is 44.1 Å². The van der Waals surface area contributed by atoms with Gasteiger partial charge in [-0.3, -0.25) is 4.79 Å². The third kappa shape index (κ3) is 1.69. The smallest absolute Gasteiger partial charge is 0.175 e. The van der Waals surface area contributed by atoms with E-state index in [-0.39, 0.29) is 11.7 Å². The minimum atomic E-state index is -0.151. The van der Waals surface area contributed by atoms with Crippen LogP contribution in [0.15, 0.2) is 48.5 Å². The van der Waals surface area contributed by atoms with Gasteiger partial charge in [-0.25, -0.2) is 0 Å². The Bertz CT molecular complexity index is 906. The molecule has 0 spiro atoms. The Kier molecular flexibility index (Phi) is 2.74. The lowest BCUT2D eigenvalue weighted by atomic mass is 9.84. The summed E-state index contributed by atoms with van der Waals surface area (Å²) in [6.07, 6.45) is 0. The van der Waals surface area contributed by atoms with Crippen LogP contribution in [0, 0.1) is 20.8 Å². The van der Waals surface area contributed by atoms with Gasteiger partial charge in [0.1, 0.15) is 0 Å². The summed E-state index contributed by atoms with van der Waals surface area (Å²) in [5.74, 6) is 0.0866. The number of benzene rings is 3. The quantitative estimate of drug-likeness (QED) is 0.608. The highest BCUT2D eigenvalue weighted by atomic mass is 16.1. The SMILES string of the molecule is Cc1cc(C)c([C@H]2C(=O)c3cccc4cccc2c34)c(C)c1. The molecule has 0 unspecified atom stereocenters. The molecule has 1 aliphatic rings. The lowest BCUT2D eigenvalue weighted by Gasteiger charge is -2.18. The molecule has 0 amide bonds. The van der Waals surface area contributed by atoms with Crippen molar-refractivity contribution >= 4 is 16.6 Å². The first-order valence-electron chi connectivity index (χ1n) is 7.71. The van der Waals surface area contributed by atoms with Gasteiger partial charge in [-0.15, -0.1) is 0 Å². The monoisotopic (exact) mass is 286 g/mol. The molecule has 1 atom stereocenters. The van der Waals surface area contributed by atoms with Crippen molar-refractivity contribution in [1.82, 2.24) is 0 Å². The van der Waals surface area contributed by atoms with Gasteiger partial charge in [0, 0.05) is 5.56 Å². The van der Waals surface area contributed by atoms with Crippen molar-refractivity contribution in [2.45, 2.75) is 26.7 Å². The van der Waals surface area contributed by atoms with Gasteiger partial charge < -0.3 is 0 Å². The number of hydrogen-bond acceptors (Lipinski definition) is 1. The predicted molar refractivity (Wildman–Crippen MR) is 90.8 cm³/mol. The second kappa shape index (κ2) is 4.54. The number of aryl methyl sites for hydroxylation is 3. The van der Waals surface area contributed by atoms with Crippen LogP contribution in [0.3, 0.4) is 0 Å². The fourth-order valence-electron chi connectivity index (χ4n) is 4.05. The van der Waals surface area contributed by atoms with Crippen molar-refractivity contribution in [1.29, 1.82) is 0 Å². The highest BCUT2D eigenvalue weighted by Crippen LogP contribution is 2.43. The average molecular weight is 286 g/mol. The highest BCUT2D eigenvalue weighted by molar-refractivity contribution is 6.19. The van der Waals surface area contributed by atoms with Crippen LogP contribution in [0.25, 0.3) is 10.8 Å². The van der Waals surface area contributed by atoms with E-state index in [0.29, 0.717) is 0 Å². The Morgan fingerprint density at radius 1 is 0.864 bits per heavy atom. The van der Waals surface area contributed by atoms with Gasteiger partial charge in [-0.05, 0) is 53.8 Å². The summed E-state index contributed by atoms with van der Waals surface area (Å²) in [4.78, 5) is 13.1. The van der Waals surface area contributed by atoms with Gasteiger partial charge in [-0.1, -0.05) is 54.1 Å². The predicted octanol–water partition coefficient (Wildman–Crippen LogP) is 5.09. The molecule has 0 aromatic heterocycles. The van der Waals surface area contributed by atoms with E-state index in [1.54, 1.807) is 0 Å². The lowest BCUT2D eigenvalue weighted by molar-refractivity contribution is 0.0981. The minimum absolute atomic E-state index is 0.151. The molecule has 1 aliphatic carbocycles. The third-order valence-electron chi connectivity index (χ3n) is 4.80. The van der Waals surface area contributed by atoms with Crippen LogP contribution < -0.4 is 0 Å². The Balaban J connectivity index is 2.04. The van der Waals surface area contributed by atoms with E-state index in [1.165, 1.54) is 22.3 Å². The van der Waals surface area contributed by atoms with E-state index in [4.69, 9.17) is 0 Å². The van der Waals surface area contributed by atoms with E-state index in [9.17, 15) is 4.79 Å². The molecule has 3 aromatic carbocycles. The molecule has 3 aromatic rings. The van der Waals surface area contributed by atoms with E-state index in [0.717, 1.165) is 21.9 Å². The zero-order valence-corrected chi connectivity index (χ0v) is 13.1. The average Bonchev–Trinajstić information content (AvgIpc) is 2.75. The molecular weight excluding hydrogens is 268 g/mol. The number of carbonyl (C=O) groups is 1. The summed E-state index contributed by atoms with van der Waals surface area (Å²) in [5.41, 5.74) is 6.88. The molecule has 0 aliphatic heterocycles. The summed E-state index contributed by atoms with van der Waals surface area (Å²) in [6, 6.07) is 16.7. The Labute approximate surface area is 130 Å². The zero-order chi connectivity index (χ0) is 15.4. The maximum atomic E-state index is 13.1. The summed E-state index contributed by atoms with van der Waals surface area (Å²) >= 11 is 0. The van der Waals surface area contributed by atoms with E-state index >= 15 is 0 Å². The summed E-state index contributed by atoms with van der Waals surface area (Å²) in [7, 11) is 0. The van der Waals surface area contributed by atoms with Crippen molar-refractivity contribution in [3.8, 4) is 0 Å². The molecule has 0 N–H and O–H groups in total. The topological polar surface area (TPSA) is 17.1 Å². The van der Waals surface area contributed by atoms with Crippen molar-refractivity contribution < 1.29 is 4.79 Å². The third-order valence-corrected chi connectivity index (χ3v) is 4.80. The molecule has 1 nitrogen and oxygen atoms in total. The van der Waals surface area contributed by atoms with Gasteiger partial charge in [0.2, 0.25) is 0 Å². The van der Waals surface area contributed by atoms with Gasteiger partial charge in [0.15, 0.2) is 5.78 Å². The van der Waals surface area contributed by atoms with Gasteiger partial charge in [0.25, 0.3) is 0 Å². The molecular formula is C21H18O. The molecule has 22 heavy (non-hydrogen) atoms. The number of rotatable bonds is 1. The Morgan fingerprint density at radius 3 is 2.18 bits per heavy atom. The first-order valence-corrected chi connectivity index (χ1v) is 7.71. The zero-order valence-electron chi connectivity index (χ0n) is 13.1. The molecule has 4 rings (SSSR count). The van der Waals surface area contributed by atoms with E-state index in [2.05, 4.69) is 57.2 Å². The molecule has 0 saturated heterocycles. The van der Waals surface area contributed by atoms with Crippen molar-refractivity contribution in [2.75, 3.05) is 0 Å². The number of hydrogen-bond donors (Lipinski definition) is 0. The second-order valence-electron chi connectivity index (χ2n) is 6.36. The van der Waals surface area contributed by atoms with E-state index < -0.39 is 0 Å². The number of carbonyl (C=O) groups excluding carboxylic acids is 1. The van der Waals surface area contributed by atoms with E-state index in [1.807, 2.05) is 12.1 Å². The summed E-state index contributed by atoms with van der Waals surface area (Å²) in [5, 5.41) is 2.30. The maximum absolute atomic E-state index is 13.1. The van der Waals surface area contributed by atoms with Gasteiger partial charge in [-0.2, -0.15) is 0 Å². The van der Waals surface area contributed by atoms with Gasteiger partial charge in [0.05, 0.1) is 5.92 Å². The van der Waals surface area contributed by atoms with Crippen LogP contribution in [0.2, 0.25) is 0 Å². The molecule has 1 heteroatoms. The van der Waals surface area contributed by atoms with Crippen molar-refractivity contribution in [2.24, 2.45) is 0 Å². The Morgan fingerprint density at radius 2 is 1.50 bits per heavy atom. The first-order chi connectivity index (χ1) is 10.6. The molecule has 0 bridgehead atoms. The van der Waals surface area contributed by atoms with Crippen LogP contribution in [-0.4, -0.2) is 5.78 Å². The Hall–Kier alpha value is -2.41. The highest BCUT2D eigenvalue weighted by Gasteiger charge is 2.35. The first kappa shape index (κ1) is 13.3. The summed E-state index contributed by atoms with van der Waals surface area (Å²) in [6.45, 7) is 6.34. The van der Waals surface area contributed by atoms with Crippen LogP contribution >= 0.6 is 0 Å². The standard InChI is InChI=1S/C21H18O/c1-12-10-13(2)18(14(3)11-12)20-16-8-4-6-15-7-5-9-17(19(15)16)21(20)22/h4-11,20H,1-3H3/t20-/m0/s1. The van der Waals surface area contributed by atoms with Crippen LogP contribution in [0.5, 0.6) is 0 Å². The van der Waals surface area contributed by atoms with Gasteiger partial charge >= 0.3 is 0 Å². The molecule has 0 saturated carbocycles. The fraction of sp³-hybridized carbons (Fsp3) is 0.190. The van der Waals surface area contributed by atoms with Crippen LogP contribution in [0.4, 0.5) is 0 Å². The lowest BCUT2D eigenvalue weighted by Crippen LogP contribution is -2.11. The summed E-state index contributed by atoms with van der Waals surface area (Å²) < 4.78 is 0. The normalized spacial score (nSPS) is 16.5. The fourth-order valence-corrected chi connectivity index (χ4v) is 4.05. The molecule has 0 heterocycles. The largest absolute Gasteiger partial charge is 0.293 e. The van der Waals surface area contributed by atoms with Crippen molar-refractivity contribution in [3.63, 3.8) is 0 Å². The molecule has 108 valence electrons. The minimum Gasteiger partial charge on any atom is -0.293 e. The number of ketones is 1. The van der Waals surface area contributed by atoms with Crippen LogP contribution in [-0.2, 0) is 0 Å². The molecule has 0 fully saturated rings. The second-order valence-corrected chi connectivity index (χ2v) is 6.36. The maximum Gasteiger partial charge on any atom is 0.175 e. The van der Waals surface area contributed by atoms with Crippen molar-refractivity contribution in [3.05, 3.63) is 81.9 Å². The molecule has 0 radical (unpaired) electrons.